The lowest BCUT2D eigenvalue weighted by molar-refractivity contribution is -0.119. The Kier molecular flexibility index (Phi) is 5.74. The number of amides is 1. The standard InChI is InChI=1S/C15H22N2O5S/c1-10(18)16-8-14-15(19)13(9-22-14)17-7-11-3-5-12(6-4-11)23(2,20)21/h3-6,13-15,17,19H,7-9H2,1-2H3,(H,16,18). The predicted octanol–water partition coefficient (Wildman–Crippen LogP) is -0.556. The average molecular weight is 342 g/mol. The van der Waals surface area contributed by atoms with Crippen molar-refractivity contribution in [1.82, 2.24) is 10.6 Å². The SMILES string of the molecule is CC(=O)NCC1OCC(NCc2ccc(S(C)(=O)=O)cc2)C1O. The highest BCUT2D eigenvalue weighted by molar-refractivity contribution is 7.90. The van der Waals surface area contributed by atoms with Gasteiger partial charge in [-0.05, 0) is 17.7 Å². The Balaban J connectivity index is 1.85. The van der Waals surface area contributed by atoms with Crippen LogP contribution in [-0.4, -0.2) is 57.1 Å². The zero-order valence-corrected chi connectivity index (χ0v) is 14.0. The van der Waals surface area contributed by atoms with Gasteiger partial charge in [-0.3, -0.25) is 4.79 Å². The second kappa shape index (κ2) is 7.39. The summed E-state index contributed by atoms with van der Waals surface area (Å²) in [6, 6.07) is 6.37. The number of carbonyl (C=O) groups excluding carboxylic acids is 1. The molecule has 0 spiro atoms. The maximum Gasteiger partial charge on any atom is 0.216 e. The maximum atomic E-state index is 11.4. The minimum atomic E-state index is -3.19. The van der Waals surface area contributed by atoms with E-state index in [2.05, 4.69) is 10.6 Å². The van der Waals surface area contributed by atoms with Gasteiger partial charge in [0.1, 0.15) is 6.10 Å². The Morgan fingerprint density at radius 3 is 2.57 bits per heavy atom. The highest BCUT2D eigenvalue weighted by Gasteiger charge is 2.35. The number of ether oxygens (including phenoxy) is 1. The van der Waals surface area contributed by atoms with E-state index >= 15 is 0 Å². The van der Waals surface area contributed by atoms with Crippen molar-refractivity contribution in [2.45, 2.75) is 36.6 Å². The Morgan fingerprint density at radius 2 is 2.00 bits per heavy atom. The van der Waals surface area contributed by atoms with E-state index in [1.165, 1.54) is 13.2 Å². The monoisotopic (exact) mass is 342 g/mol. The molecule has 3 unspecified atom stereocenters. The average Bonchev–Trinajstić information content (AvgIpc) is 2.83. The van der Waals surface area contributed by atoms with Gasteiger partial charge in [0.05, 0.1) is 23.6 Å². The summed E-state index contributed by atoms with van der Waals surface area (Å²) in [6.07, 6.45) is 0.0305. The van der Waals surface area contributed by atoms with Crippen LogP contribution in [0.1, 0.15) is 12.5 Å². The molecule has 1 heterocycles. The molecule has 0 aromatic heterocycles. The van der Waals surface area contributed by atoms with Gasteiger partial charge in [-0.1, -0.05) is 12.1 Å². The van der Waals surface area contributed by atoms with Gasteiger partial charge >= 0.3 is 0 Å². The largest absolute Gasteiger partial charge is 0.389 e. The number of aliphatic hydroxyl groups excluding tert-OH is 1. The lowest BCUT2D eigenvalue weighted by atomic mass is 10.1. The van der Waals surface area contributed by atoms with Crippen molar-refractivity contribution in [2.75, 3.05) is 19.4 Å². The highest BCUT2D eigenvalue weighted by atomic mass is 32.2. The fourth-order valence-corrected chi connectivity index (χ4v) is 3.02. The third-order valence-electron chi connectivity index (χ3n) is 3.76. The summed E-state index contributed by atoms with van der Waals surface area (Å²) in [5, 5.41) is 16.0. The summed E-state index contributed by atoms with van der Waals surface area (Å²) in [5.74, 6) is -0.164. The number of hydrogen-bond acceptors (Lipinski definition) is 6. The van der Waals surface area contributed by atoms with Gasteiger partial charge in [-0.25, -0.2) is 8.42 Å². The summed E-state index contributed by atoms with van der Waals surface area (Å²) >= 11 is 0. The van der Waals surface area contributed by atoms with E-state index in [1.54, 1.807) is 24.3 Å². The Morgan fingerprint density at radius 1 is 1.35 bits per heavy atom. The fraction of sp³-hybridized carbons (Fsp3) is 0.533. The summed E-state index contributed by atoms with van der Waals surface area (Å²) in [4.78, 5) is 11.2. The van der Waals surface area contributed by atoms with Crippen LogP contribution in [0.25, 0.3) is 0 Å². The first-order valence-corrected chi connectivity index (χ1v) is 9.23. The van der Waals surface area contributed by atoms with Crippen molar-refractivity contribution < 1.29 is 23.1 Å². The summed E-state index contributed by atoms with van der Waals surface area (Å²) in [7, 11) is -3.19. The number of carbonyl (C=O) groups is 1. The molecule has 1 aromatic carbocycles. The van der Waals surface area contributed by atoms with Crippen LogP contribution >= 0.6 is 0 Å². The molecule has 0 saturated carbocycles. The smallest absolute Gasteiger partial charge is 0.216 e. The van der Waals surface area contributed by atoms with Crippen LogP contribution in [0.4, 0.5) is 0 Å². The first kappa shape index (κ1) is 17.9. The van der Waals surface area contributed by atoms with Crippen LogP contribution in [-0.2, 0) is 25.9 Å². The van der Waals surface area contributed by atoms with Crippen LogP contribution in [0.2, 0.25) is 0 Å². The summed E-state index contributed by atoms with van der Waals surface area (Å²) in [6.45, 7) is 2.53. The third kappa shape index (κ3) is 5.00. The number of sulfone groups is 1. The van der Waals surface area contributed by atoms with Gasteiger partial charge < -0.3 is 20.5 Å². The van der Waals surface area contributed by atoms with Gasteiger partial charge in [-0.2, -0.15) is 0 Å². The first-order valence-electron chi connectivity index (χ1n) is 7.34. The Bertz CT molecular complexity index is 644. The van der Waals surface area contributed by atoms with E-state index in [1.807, 2.05) is 0 Å². The maximum absolute atomic E-state index is 11.4. The third-order valence-corrected chi connectivity index (χ3v) is 4.88. The van der Waals surface area contributed by atoms with Crippen molar-refractivity contribution in [3.05, 3.63) is 29.8 Å². The van der Waals surface area contributed by atoms with Crippen molar-refractivity contribution >= 4 is 15.7 Å². The van der Waals surface area contributed by atoms with Crippen LogP contribution in [0.5, 0.6) is 0 Å². The van der Waals surface area contributed by atoms with Gasteiger partial charge in [0, 0.05) is 26.3 Å². The second-order valence-corrected chi connectivity index (χ2v) is 7.72. The van der Waals surface area contributed by atoms with E-state index in [-0.39, 0.29) is 23.4 Å². The quantitative estimate of drug-likeness (QED) is 0.640. The van der Waals surface area contributed by atoms with Crippen LogP contribution in [0.15, 0.2) is 29.2 Å². The normalized spacial score (nSPS) is 24.6. The highest BCUT2D eigenvalue weighted by Crippen LogP contribution is 2.15. The van der Waals surface area contributed by atoms with E-state index in [0.717, 1.165) is 5.56 Å². The predicted molar refractivity (Wildman–Crippen MR) is 84.6 cm³/mol. The lowest BCUT2D eigenvalue weighted by Crippen LogP contribution is -2.44. The topological polar surface area (TPSA) is 105 Å². The fourth-order valence-electron chi connectivity index (χ4n) is 2.39. The molecule has 3 atom stereocenters. The van der Waals surface area contributed by atoms with Crippen molar-refractivity contribution in [3.63, 3.8) is 0 Å². The number of benzene rings is 1. The van der Waals surface area contributed by atoms with E-state index < -0.39 is 22.0 Å². The van der Waals surface area contributed by atoms with Crippen molar-refractivity contribution in [1.29, 1.82) is 0 Å². The molecule has 1 amide bonds. The van der Waals surface area contributed by atoms with Crippen molar-refractivity contribution in [3.8, 4) is 0 Å². The van der Waals surface area contributed by atoms with Crippen LogP contribution in [0.3, 0.4) is 0 Å². The molecule has 0 aliphatic carbocycles. The molecule has 8 heteroatoms. The number of hydrogen-bond donors (Lipinski definition) is 3. The van der Waals surface area contributed by atoms with Crippen LogP contribution in [0, 0.1) is 0 Å². The zero-order valence-electron chi connectivity index (χ0n) is 13.2. The van der Waals surface area contributed by atoms with Crippen molar-refractivity contribution in [2.24, 2.45) is 0 Å². The van der Waals surface area contributed by atoms with Gasteiger partial charge in [-0.15, -0.1) is 0 Å². The van der Waals surface area contributed by atoms with E-state index in [4.69, 9.17) is 4.74 Å². The minimum Gasteiger partial charge on any atom is -0.389 e. The molecule has 0 bridgehead atoms. The molecule has 23 heavy (non-hydrogen) atoms. The molecular formula is C15H22N2O5S. The molecule has 128 valence electrons. The summed E-state index contributed by atoms with van der Waals surface area (Å²) < 4.78 is 28.3. The molecule has 1 aromatic rings. The molecule has 0 radical (unpaired) electrons. The second-order valence-electron chi connectivity index (χ2n) is 5.70. The van der Waals surface area contributed by atoms with E-state index in [0.29, 0.717) is 13.2 Å². The number of rotatable bonds is 6. The molecule has 1 aliphatic heterocycles. The molecule has 2 rings (SSSR count). The first-order chi connectivity index (χ1) is 10.8. The lowest BCUT2D eigenvalue weighted by Gasteiger charge is -2.18. The molecule has 3 N–H and O–H groups in total. The van der Waals surface area contributed by atoms with E-state index in [9.17, 15) is 18.3 Å². The van der Waals surface area contributed by atoms with Gasteiger partial charge in [0.15, 0.2) is 9.84 Å². The Hall–Kier alpha value is -1.48. The van der Waals surface area contributed by atoms with Gasteiger partial charge in [0.25, 0.3) is 0 Å². The Labute approximate surface area is 136 Å². The molecule has 1 aliphatic rings. The van der Waals surface area contributed by atoms with Gasteiger partial charge in [0.2, 0.25) is 5.91 Å². The van der Waals surface area contributed by atoms with Crippen LogP contribution < -0.4 is 10.6 Å². The number of aliphatic hydroxyl groups is 1. The molecule has 7 nitrogen and oxygen atoms in total. The molecule has 1 fully saturated rings. The molecule has 1 saturated heterocycles. The minimum absolute atomic E-state index is 0.164. The zero-order chi connectivity index (χ0) is 17.0. The molecular weight excluding hydrogens is 320 g/mol. The number of nitrogens with one attached hydrogen (secondary N) is 2. The summed E-state index contributed by atoms with van der Waals surface area (Å²) in [5.41, 5.74) is 0.912.